The standard InChI is InChI=1S/C22H33BrN2O6/c1-8-30-18(27)11-16(25-17(26)12-24-20(29)31-22(5,6)7)14-9-13(23)10-15(19(14)28)21(2,3)4/h9-10,16,28H,8,11-12H2,1-7H3,(H,24,29)(H,25,26)/t16-/m0/s1. The Morgan fingerprint density at radius 2 is 1.74 bits per heavy atom. The van der Waals surface area contributed by atoms with E-state index in [1.165, 1.54) is 0 Å². The Labute approximate surface area is 192 Å². The van der Waals surface area contributed by atoms with E-state index in [-0.39, 0.29) is 30.7 Å². The van der Waals surface area contributed by atoms with Gasteiger partial charge in [-0.1, -0.05) is 36.7 Å². The number of phenols is 1. The minimum Gasteiger partial charge on any atom is -0.507 e. The summed E-state index contributed by atoms with van der Waals surface area (Å²) in [6.45, 7) is 12.5. The van der Waals surface area contributed by atoms with Crippen LogP contribution < -0.4 is 10.6 Å². The van der Waals surface area contributed by atoms with Gasteiger partial charge in [0.1, 0.15) is 17.9 Å². The number of hydrogen-bond acceptors (Lipinski definition) is 6. The third-order valence-electron chi connectivity index (χ3n) is 4.09. The molecule has 0 aromatic heterocycles. The van der Waals surface area contributed by atoms with Gasteiger partial charge in [-0.3, -0.25) is 9.59 Å². The van der Waals surface area contributed by atoms with Crippen molar-refractivity contribution in [2.75, 3.05) is 13.2 Å². The highest BCUT2D eigenvalue weighted by atomic mass is 79.9. The zero-order valence-electron chi connectivity index (χ0n) is 19.2. The van der Waals surface area contributed by atoms with Gasteiger partial charge in [0, 0.05) is 15.6 Å². The predicted molar refractivity (Wildman–Crippen MR) is 121 cm³/mol. The summed E-state index contributed by atoms with van der Waals surface area (Å²) < 4.78 is 10.8. The summed E-state index contributed by atoms with van der Waals surface area (Å²) in [4.78, 5) is 36.4. The van der Waals surface area contributed by atoms with Crippen molar-refractivity contribution in [2.45, 2.75) is 71.9 Å². The number of carbonyl (C=O) groups excluding carboxylic acids is 3. The average molecular weight is 501 g/mol. The van der Waals surface area contributed by atoms with Gasteiger partial charge in [-0.15, -0.1) is 0 Å². The van der Waals surface area contributed by atoms with Crippen LogP contribution in [0.15, 0.2) is 16.6 Å². The largest absolute Gasteiger partial charge is 0.507 e. The molecule has 1 rings (SSSR count). The minimum atomic E-state index is -0.856. The molecule has 0 heterocycles. The smallest absolute Gasteiger partial charge is 0.408 e. The number of ether oxygens (including phenoxy) is 2. The molecule has 0 saturated carbocycles. The first-order valence-corrected chi connectivity index (χ1v) is 10.9. The summed E-state index contributed by atoms with van der Waals surface area (Å²) >= 11 is 3.44. The number of hydrogen-bond donors (Lipinski definition) is 3. The van der Waals surface area contributed by atoms with Crippen molar-refractivity contribution < 1.29 is 29.0 Å². The van der Waals surface area contributed by atoms with Crippen LogP contribution in [-0.2, 0) is 24.5 Å². The van der Waals surface area contributed by atoms with Crippen LogP contribution in [0.4, 0.5) is 4.79 Å². The maximum atomic E-state index is 12.5. The number of benzene rings is 1. The number of esters is 1. The second-order valence-corrected chi connectivity index (χ2v) is 10.0. The van der Waals surface area contributed by atoms with Gasteiger partial charge in [-0.05, 0) is 45.2 Å². The Bertz CT molecular complexity index is 811. The molecule has 1 aromatic rings. The third-order valence-corrected chi connectivity index (χ3v) is 4.55. The highest BCUT2D eigenvalue weighted by molar-refractivity contribution is 9.10. The molecule has 1 atom stereocenters. The molecule has 1 aromatic carbocycles. The molecule has 0 unspecified atom stereocenters. The summed E-state index contributed by atoms with van der Waals surface area (Å²) in [7, 11) is 0. The number of amides is 2. The van der Waals surface area contributed by atoms with Crippen molar-refractivity contribution in [3.05, 3.63) is 27.7 Å². The summed E-state index contributed by atoms with van der Waals surface area (Å²) in [5, 5.41) is 16.0. The van der Waals surface area contributed by atoms with E-state index >= 15 is 0 Å². The number of halogens is 1. The molecule has 3 N–H and O–H groups in total. The van der Waals surface area contributed by atoms with Crippen LogP contribution in [0.2, 0.25) is 0 Å². The van der Waals surface area contributed by atoms with Crippen molar-refractivity contribution in [3.8, 4) is 5.75 Å². The number of rotatable bonds is 7. The van der Waals surface area contributed by atoms with Crippen LogP contribution in [0.25, 0.3) is 0 Å². The zero-order chi connectivity index (χ0) is 24.0. The molecule has 0 radical (unpaired) electrons. The lowest BCUT2D eigenvalue weighted by molar-refractivity contribution is -0.143. The molecule has 0 aliphatic heterocycles. The topological polar surface area (TPSA) is 114 Å². The van der Waals surface area contributed by atoms with Gasteiger partial charge in [-0.2, -0.15) is 0 Å². The molecule has 2 amide bonds. The molecule has 0 fully saturated rings. The molecule has 0 spiro atoms. The molecule has 8 nitrogen and oxygen atoms in total. The molecule has 0 aliphatic carbocycles. The molecule has 0 aliphatic rings. The third kappa shape index (κ3) is 9.16. The highest BCUT2D eigenvalue weighted by Gasteiger charge is 2.28. The van der Waals surface area contributed by atoms with Gasteiger partial charge in [0.25, 0.3) is 0 Å². The summed E-state index contributed by atoms with van der Waals surface area (Å²) in [6.07, 6.45) is -0.912. The van der Waals surface area contributed by atoms with Gasteiger partial charge in [-0.25, -0.2) is 4.79 Å². The average Bonchev–Trinajstić information content (AvgIpc) is 2.59. The van der Waals surface area contributed by atoms with Crippen LogP contribution >= 0.6 is 15.9 Å². The van der Waals surface area contributed by atoms with E-state index in [9.17, 15) is 19.5 Å². The van der Waals surface area contributed by atoms with Crippen molar-refractivity contribution in [2.24, 2.45) is 0 Å². The number of nitrogens with one attached hydrogen (secondary N) is 2. The van der Waals surface area contributed by atoms with Gasteiger partial charge >= 0.3 is 12.1 Å². The second-order valence-electron chi connectivity index (χ2n) is 9.13. The van der Waals surface area contributed by atoms with Gasteiger partial charge in [0.05, 0.1) is 19.1 Å². The molecular formula is C22H33BrN2O6. The zero-order valence-corrected chi connectivity index (χ0v) is 20.8. The Hall–Kier alpha value is -2.29. The fraction of sp³-hybridized carbons (Fsp3) is 0.591. The maximum Gasteiger partial charge on any atom is 0.408 e. The van der Waals surface area contributed by atoms with E-state index in [0.717, 1.165) is 0 Å². The number of aromatic hydroxyl groups is 1. The molecular weight excluding hydrogens is 468 g/mol. The lowest BCUT2D eigenvalue weighted by Crippen LogP contribution is -2.41. The van der Waals surface area contributed by atoms with Crippen LogP contribution in [0.5, 0.6) is 5.75 Å². The van der Waals surface area contributed by atoms with Crippen molar-refractivity contribution >= 4 is 33.9 Å². The summed E-state index contributed by atoms with van der Waals surface area (Å²) in [5.74, 6) is -1.08. The lowest BCUT2D eigenvalue weighted by atomic mass is 9.84. The quantitative estimate of drug-likeness (QED) is 0.485. The normalized spacial score (nSPS) is 12.6. The Balaban J connectivity index is 3.12. The number of phenolic OH excluding ortho intramolecular Hbond substituents is 1. The molecule has 0 saturated heterocycles. The molecule has 31 heavy (non-hydrogen) atoms. The van der Waals surface area contributed by atoms with Gasteiger partial charge in [0.2, 0.25) is 5.91 Å². The lowest BCUT2D eigenvalue weighted by Gasteiger charge is -2.26. The molecule has 174 valence electrons. The Morgan fingerprint density at radius 3 is 2.26 bits per heavy atom. The van der Waals surface area contributed by atoms with Gasteiger partial charge in [0.15, 0.2) is 0 Å². The van der Waals surface area contributed by atoms with Crippen LogP contribution in [0.1, 0.15) is 72.1 Å². The Morgan fingerprint density at radius 1 is 1.13 bits per heavy atom. The van der Waals surface area contributed by atoms with E-state index in [2.05, 4.69) is 26.6 Å². The first-order valence-electron chi connectivity index (χ1n) is 10.1. The maximum absolute atomic E-state index is 12.5. The summed E-state index contributed by atoms with van der Waals surface area (Å²) in [5.41, 5.74) is -0.0393. The fourth-order valence-electron chi connectivity index (χ4n) is 2.79. The second kappa shape index (κ2) is 10.8. The van der Waals surface area contributed by atoms with Crippen molar-refractivity contribution in [1.82, 2.24) is 10.6 Å². The monoisotopic (exact) mass is 500 g/mol. The van der Waals surface area contributed by atoms with E-state index in [1.54, 1.807) is 39.8 Å². The molecule has 9 heteroatoms. The number of alkyl carbamates (subject to hydrolysis) is 1. The van der Waals surface area contributed by atoms with Crippen molar-refractivity contribution in [1.29, 1.82) is 0 Å². The fourth-order valence-corrected chi connectivity index (χ4v) is 3.27. The van der Waals surface area contributed by atoms with Crippen LogP contribution in [0, 0.1) is 0 Å². The first-order chi connectivity index (χ1) is 14.1. The van der Waals surface area contributed by atoms with E-state index in [4.69, 9.17) is 9.47 Å². The number of carbonyl (C=O) groups is 3. The van der Waals surface area contributed by atoms with Crippen LogP contribution in [0.3, 0.4) is 0 Å². The van der Waals surface area contributed by atoms with E-state index < -0.39 is 29.6 Å². The molecule has 0 bridgehead atoms. The minimum absolute atomic E-state index is 0.00889. The van der Waals surface area contributed by atoms with E-state index in [0.29, 0.717) is 15.6 Å². The highest BCUT2D eigenvalue weighted by Crippen LogP contribution is 2.39. The first kappa shape index (κ1) is 26.7. The predicted octanol–water partition coefficient (Wildman–Crippen LogP) is 4.09. The van der Waals surface area contributed by atoms with Gasteiger partial charge < -0.3 is 25.2 Å². The Kier molecular flexibility index (Phi) is 9.35. The van der Waals surface area contributed by atoms with Crippen LogP contribution in [-0.4, -0.2) is 41.8 Å². The summed E-state index contributed by atoms with van der Waals surface area (Å²) in [6, 6.07) is 2.59. The van der Waals surface area contributed by atoms with Crippen molar-refractivity contribution in [3.63, 3.8) is 0 Å². The SMILES string of the molecule is CCOC(=O)C[C@H](NC(=O)CNC(=O)OC(C)(C)C)c1cc(Br)cc(C(C)(C)C)c1O. The van der Waals surface area contributed by atoms with E-state index in [1.807, 2.05) is 20.8 Å².